The first kappa shape index (κ1) is 20.6. The first-order valence-electron chi connectivity index (χ1n) is 9.43. The van der Waals surface area contributed by atoms with E-state index in [2.05, 4.69) is 5.32 Å². The molecule has 0 saturated heterocycles. The Bertz CT molecular complexity index is 961. The summed E-state index contributed by atoms with van der Waals surface area (Å²) in [7, 11) is 1.72. The Morgan fingerprint density at radius 3 is 2.14 bits per heavy atom. The largest absolute Gasteiger partial charge is 0.340 e. The second-order valence-corrected chi connectivity index (χ2v) is 7.27. The van der Waals surface area contributed by atoms with Gasteiger partial charge in [-0.05, 0) is 29.3 Å². The minimum atomic E-state index is -0.683. The van der Waals surface area contributed by atoms with E-state index in [1.165, 1.54) is 0 Å². The Labute approximate surface area is 176 Å². The number of benzene rings is 3. The number of carbonyl (C=O) groups excluding carboxylic acids is 2. The Kier molecular flexibility index (Phi) is 7.04. The highest BCUT2D eigenvalue weighted by molar-refractivity contribution is 6.31. The molecule has 2 amide bonds. The van der Waals surface area contributed by atoms with Crippen molar-refractivity contribution in [2.75, 3.05) is 7.05 Å². The maximum Gasteiger partial charge on any atom is 0.251 e. The number of likely N-dealkylation sites (N-methyl/N-ethyl adjacent to an activating group) is 1. The summed E-state index contributed by atoms with van der Waals surface area (Å²) in [6.45, 7) is 0.366. The van der Waals surface area contributed by atoms with Gasteiger partial charge in [0.05, 0.1) is 0 Å². The van der Waals surface area contributed by atoms with E-state index >= 15 is 0 Å². The molecule has 0 fully saturated rings. The predicted molar refractivity (Wildman–Crippen MR) is 116 cm³/mol. The van der Waals surface area contributed by atoms with Crippen molar-refractivity contribution in [2.24, 2.45) is 0 Å². The molecular formula is C24H23ClN2O2. The zero-order chi connectivity index (χ0) is 20.6. The van der Waals surface area contributed by atoms with Crippen LogP contribution in [0.4, 0.5) is 0 Å². The second-order valence-electron chi connectivity index (χ2n) is 6.87. The molecule has 0 aliphatic rings. The molecule has 0 aliphatic carbocycles. The normalized spacial score (nSPS) is 11.5. The molecule has 3 aromatic rings. The van der Waals surface area contributed by atoms with Crippen molar-refractivity contribution in [3.63, 3.8) is 0 Å². The van der Waals surface area contributed by atoms with E-state index in [1.54, 1.807) is 42.3 Å². The topological polar surface area (TPSA) is 49.4 Å². The second kappa shape index (κ2) is 9.89. The zero-order valence-electron chi connectivity index (χ0n) is 16.2. The predicted octanol–water partition coefficient (Wildman–Crippen LogP) is 4.34. The van der Waals surface area contributed by atoms with E-state index in [-0.39, 0.29) is 11.8 Å². The number of nitrogens with zero attached hydrogens (tertiary/aromatic N) is 1. The third kappa shape index (κ3) is 5.69. The Morgan fingerprint density at radius 1 is 0.897 bits per heavy atom. The van der Waals surface area contributed by atoms with Crippen molar-refractivity contribution in [1.82, 2.24) is 10.2 Å². The molecule has 148 valence electrons. The molecule has 3 rings (SSSR count). The summed E-state index contributed by atoms with van der Waals surface area (Å²) in [5.41, 5.74) is 2.36. The van der Waals surface area contributed by atoms with Crippen LogP contribution in [-0.4, -0.2) is 29.8 Å². The molecule has 0 heterocycles. The number of hydrogen-bond acceptors (Lipinski definition) is 2. The van der Waals surface area contributed by atoms with Crippen LogP contribution in [0.25, 0.3) is 0 Å². The molecule has 0 saturated carbocycles. The third-order valence-corrected chi connectivity index (χ3v) is 5.03. The summed E-state index contributed by atoms with van der Waals surface area (Å²) < 4.78 is 0. The lowest BCUT2D eigenvalue weighted by Crippen LogP contribution is -2.48. The van der Waals surface area contributed by atoms with Crippen LogP contribution in [0.1, 0.15) is 21.5 Å². The van der Waals surface area contributed by atoms with Crippen molar-refractivity contribution in [3.05, 3.63) is 107 Å². The molecule has 0 bridgehead atoms. The summed E-state index contributed by atoms with van der Waals surface area (Å²) in [6, 6.07) is 25.3. The third-order valence-electron chi connectivity index (χ3n) is 4.66. The van der Waals surface area contributed by atoms with Crippen LogP contribution in [0.2, 0.25) is 5.02 Å². The molecular weight excluding hydrogens is 384 g/mol. The van der Waals surface area contributed by atoms with Gasteiger partial charge in [-0.15, -0.1) is 0 Å². The highest BCUT2D eigenvalue weighted by atomic mass is 35.5. The van der Waals surface area contributed by atoms with Gasteiger partial charge >= 0.3 is 0 Å². The zero-order valence-corrected chi connectivity index (χ0v) is 17.0. The van der Waals surface area contributed by atoms with Gasteiger partial charge in [-0.25, -0.2) is 0 Å². The smallest absolute Gasteiger partial charge is 0.251 e. The van der Waals surface area contributed by atoms with E-state index < -0.39 is 6.04 Å². The molecule has 29 heavy (non-hydrogen) atoms. The SMILES string of the molecule is CN(Cc1ccccc1Cl)C(=O)[C@H](Cc1ccccc1)NC(=O)c1ccccc1. The molecule has 5 heteroatoms. The van der Waals surface area contributed by atoms with Crippen molar-refractivity contribution in [3.8, 4) is 0 Å². The molecule has 3 aromatic carbocycles. The lowest BCUT2D eigenvalue weighted by molar-refractivity contribution is -0.132. The Hall–Kier alpha value is -3.11. The van der Waals surface area contributed by atoms with Gasteiger partial charge in [0.15, 0.2) is 0 Å². The fraction of sp³-hybridized carbons (Fsp3) is 0.167. The van der Waals surface area contributed by atoms with Crippen molar-refractivity contribution < 1.29 is 9.59 Å². The lowest BCUT2D eigenvalue weighted by atomic mass is 10.0. The fourth-order valence-corrected chi connectivity index (χ4v) is 3.30. The average Bonchev–Trinajstić information content (AvgIpc) is 2.75. The summed E-state index contributed by atoms with van der Waals surface area (Å²) >= 11 is 6.24. The fourth-order valence-electron chi connectivity index (χ4n) is 3.11. The van der Waals surface area contributed by atoms with E-state index in [0.29, 0.717) is 23.6 Å². The molecule has 1 N–H and O–H groups in total. The van der Waals surface area contributed by atoms with Crippen LogP contribution in [0, 0.1) is 0 Å². The van der Waals surface area contributed by atoms with Gasteiger partial charge in [-0.3, -0.25) is 9.59 Å². The minimum Gasteiger partial charge on any atom is -0.340 e. The molecule has 4 nitrogen and oxygen atoms in total. The van der Waals surface area contributed by atoms with Gasteiger partial charge in [0.2, 0.25) is 5.91 Å². The van der Waals surface area contributed by atoms with Gasteiger partial charge in [0.25, 0.3) is 5.91 Å². The Balaban J connectivity index is 1.78. The molecule has 0 unspecified atom stereocenters. The first-order valence-corrected chi connectivity index (χ1v) is 9.80. The van der Waals surface area contributed by atoms with Gasteiger partial charge in [-0.2, -0.15) is 0 Å². The van der Waals surface area contributed by atoms with Crippen molar-refractivity contribution in [1.29, 1.82) is 0 Å². The quantitative estimate of drug-likeness (QED) is 0.634. The lowest BCUT2D eigenvalue weighted by Gasteiger charge is -2.25. The number of hydrogen-bond donors (Lipinski definition) is 1. The van der Waals surface area contributed by atoms with Crippen LogP contribution >= 0.6 is 11.6 Å². The van der Waals surface area contributed by atoms with Crippen LogP contribution in [0.15, 0.2) is 84.9 Å². The number of amides is 2. The summed E-state index contributed by atoms with van der Waals surface area (Å²) in [5.74, 6) is -0.441. The highest BCUT2D eigenvalue weighted by Gasteiger charge is 2.25. The minimum absolute atomic E-state index is 0.168. The van der Waals surface area contributed by atoms with Crippen LogP contribution in [0.3, 0.4) is 0 Å². The van der Waals surface area contributed by atoms with Crippen molar-refractivity contribution in [2.45, 2.75) is 19.0 Å². The summed E-state index contributed by atoms with van der Waals surface area (Å²) in [4.78, 5) is 27.5. The van der Waals surface area contributed by atoms with E-state index in [9.17, 15) is 9.59 Å². The number of rotatable bonds is 7. The van der Waals surface area contributed by atoms with Crippen molar-refractivity contribution >= 4 is 23.4 Å². The Morgan fingerprint density at radius 2 is 1.48 bits per heavy atom. The molecule has 1 atom stereocenters. The highest BCUT2D eigenvalue weighted by Crippen LogP contribution is 2.17. The van der Waals surface area contributed by atoms with Crippen LogP contribution in [0.5, 0.6) is 0 Å². The van der Waals surface area contributed by atoms with E-state index in [4.69, 9.17) is 11.6 Å². The molecule has 0 aliphatic heterocycles. The molecule has 0 aromatic heterocycles. The number of nitrogens with one attached hydrogen (secondary N) is 1. The van der Waals surface area contributed by atoms with Crippen LogP contribution < -0.4 is 5.32 Å². The van der Waals surface area contributed by atoms with Gasteiger partial charge in [0, 0.05) is 30.6 Å². The van der Waals surface area contributed by atoms with E-state index in [0.717, 1.165) is 11.1 Å². The van der Waals surface area contributed by atoms with E-state index in [1.807, 2.05) is 54.6 Å². The maximum atomic E-state index is 13.2. The maximum absolute atomic E-state index is 13.2. The monoisotopic (exact) mass is 406 g/mol. The molecule has 0 spiro atoms. The summed E-state index contributed by atoms with van der Waals surface area (Å²) in [6.07, 6.45) is 0.408. The number of carbonyl (C=O) groups is 2. The average molecular weight is 407 g/mol. The summed E-state index contributed by atoms with van der Waals surface area (Å²) in [5, 5.41) is 3.51. The standard InChI is InChI=1S/C24H23ClN2O2/c1-27(17-20-14-8-9-15-21(20)25)24(29)22(16-18-10-4-2-5-11-18)26-23(28)19-12-6-3-7-13-19/h2-15,22H,16-17H2,1H3,(H,26,28)/t22-/m0/s1. The van der Waals surface area contributed by atoms with Crippen LogP contribution in [-0.2, 0) is 17.8 Å². The number of halogens is 1. The van der Waals surface area contributed by atoms with Gasteiger partial charge in [0.1, 0.15) is 6.04 Å². The van der Waals surface area contributed by atoms with Gasteiger partial charge in [-0.1, -0.05) is 78.3 Å². The molecule has 0 radical (unpaired) electrons. The van der Waals surface area contributed by atoms with Gasteiger partial charge < -0.3 is 10.2 Å². The first-order chi connectivity index (χ1) is 14.0.